The zero-order valence-electron chi connectivity index (χ0n) is 23.8. The Morgan fingerprint density at radius 3 is 2.56 bits per heavy atom. The molecule has 43 heavy (non-hydrogen) atoms. The fourth-order valence-corrected chi connectivity index (χ4v) is 4.44. The third-order valence-electron chi connectivity index (χ3n) is 6.30. The smallest absolute Gasteiger partial charge is 0.338 e. The number of nitrogens with one attached hydrogen (secondary N) is 3. The molecule has 3 amide bonds. The molecule has 0 saturated carbocycles. The van der Waals surface area contributed by atoms with Gasteiger partial charge in [-0.25, -0.2) is 15.0 Å². The zero-order valence-corrected chi connectivity index (χ0v) is 24.6. The van der Waals surface area contributed by atoms with Crippen molar-refractivity contribution in [2.24, 2.45) is 5.10 Å². The lowest BCUT2D eigenvalue weighted by molar-refractivity contribution is -0.139. The van der Waals surface area contributed by atoms with E-state index < -0.39 is 23.9 Å². The van der Waals surface area contributed by atoms with Gasteiger partial charge >= 0.3 is 12.0 Å². The Labute approximate surface area is 253 Å². The number of carbonyl (C=O) groups is 3. The topological polar surface area (TPSA) is 137 Å². The summed E-state index contributed by atoms with van der Waals surface area (Å²) < 4.78 is 22.2. The van der Waals surface area contributed by atoms with E-state index in [1.807, 2.05) is 30.3 Å². The van der Waals surface area contributed by atoms with Crippen molar-refractivity contribution in [3.05, 3.63) is 99.7 Å². The van der Waals surface area contributed by atoms with Crippen LogP contribution in [0.2, 0.25) is 5.02 Å². The standard InChI is InChI=1S/C31H31ClN4O7/c1-4-41-30(38)28-19(2)34-31(39)35-29(28)20-13-14-25(26(15-20)40-3)43-18-27(37)36-33-16-21-9-6-8-12-24(21)42-17-22-10-5-7-11-23(22)32/h5-16,29H,4,17-18H2,1-3H3,(H,36,37)(H2,34,35,39)/b33-16+/t29-/m0/s1. The quantitative estimate of drug-likeness (QED) is 0.155. The van der Waals surface area contributed by atoms with Gasteiger partial charge in [0.1, 0.15) is 12.4 Å². The highest BCUT2D eigenvalue weighted by molar-refractivity contribution is 6.31. The van der Waals surface area contributed by atoms with Crippen LogP contribution in [0.5, 0.6) is 17.2 Å². The third-order valence-corrected chi connectivity index (χ3v) is 6.67. The summed E-state index contributed by atoms with van der Waals surface area (Å²) in [6.07, 6.45) is 1.47. The third kappa shape index (κ3) is 8.04. The zero-order chi connectivity index (χ0) is 30.8. The number of hydrazone groups is 1. The normalized spacial score (nSPS) is 14.5. The van der Waals surface area contributed by atoms with E-state index in [1.54, 1.807) is 50.2 Å². The monoisotopic (exact) mass is 606 g/mol. The maximum Gasteiger partial charge on any atom is 0.338 e. The number of allylic oxidation sites excluding steroid dienone is 1. The number of nitrogens with zero attached hydrogens (tertiary/aromatic N) is 1. The summed E-state index contributed by atoms with van der Waals surface area (Å²) in [7, 11) is 1.44. The number of urea groups is 1. The van der Waals surface area contributed by atoms with Crippen LogP contribution in [-0.4, -0.2) is 44.4 Å². The van der Waals surface area contributed by atoms with E-state index >= 15 is 0 Å². The number of rotatable bonds is 12. The van der Waals surface area contributed by atoms with E-state index in [2.05, 4.69) is 21.2 Å². The van der Waals surface area contributed by atoms with Gasteiger partial charge in [-0.15, -0.1) is 0 Å². The number of esters is 1. The molecule has 1 atom stereocenters. The summed E-state index contributed by atoms with van der Waals surface area (Å²) >= 11 is 6.21. The first-order chi connectivity index (χ1) is 20.8. The number of methoxy groups -OCH3 is 1. The summed E-state index contributed by atoms with van der Waals surface area (Å²) in [6, 6.07) is 18.3. The lowest BCUT2D eigenvalue weighted by atomic mass is 9.95. The van der Waals surface area contributed by atoms with Crippen LogP contribution in [0.4, 0.5) is 4.79 Å². The van der Waals surface area contributed by atoms with Crippen molar-refractivity contribution in [1.29, 1.82) is 0 Å². The van der Waals surface area contributed by atoms with Crippen LogP contribution in [0.25, 0.3) is 0 Å². The molecule has 4 rings (SSSR count). The Kier molecular flexibility index (Phi) is 10.6. The molecule has 0 aliphatic carbocycles. The highest BCUT2D eigenvalue weighted by atomic mass is 35.5. The second-order valence-corrected chi connectivity index (χ2v) is 9.61. The van der Waals surface area contributed by atoms with Crippen LogP contribution < -0.4 is 30.3 Å². The number of carbonyl (C=O) groups excluding carboxylic acids is 3. The van der Waals surface area contributed by atoms with Crippen molar-refractivity contribution in [3.63, 3.8) is 0 Å². The molecule has 3 aromatic carbocycles. The molecular formula is C31H31ClN4O7. The highest BCUT2D eigenvalue weighted by Gasteiger charge is 2.32. The number of hydrogen-bond acceptors (Lipinski definition) is 8. The minimum Gasteiger partial charge on any atom is -0.493 e. The SMILES string of the molecule is CCOC(=O)C1=C(C)NC(=O)N[C@H]1c1ccc(OCC(=O)N/N=C/c2ccccc2OCc2ccccc2Cl)c(OC)c1. The second kappa shape index (κ2) is 14.7. The molecule has 3 aromatic rings. The molecule has 0 unspecified atom stereocenters. The fourth-order valence-electron chi connectivity index (χ4n) is 4.25. The van der Waals surface area contributed by atoms with Gasteiger partial charge in [0.15, 0.2) is 18.1 Å². The van der Waals surface area contributed by atoms with Crippen molar-refractivity contribution in [2.45, 2.75) is 26.5 Å². The predicted octanol–water partition coefficient (Wildman–Crippen LogP) is 4.65. The summed E-state index contributed by atoms with van der Waals surface area (Å²) in [5.74, 6) is 0.0892. The molecule has 0 fully saturated rings. The largest absolute Gasteiger partial charge is 0.493 e. The molecule has 1 aliphatic heterocycles. The maximum atomic E-state index is 12.6. The molecule has 0 aromatic heterocycles. The van der Waals surface area contributed by atoms with Gasteiger partial charge in [0.05, 0.1) is 31.5 Å². The number of benzene rings is 3. The van der Waals surface area contributed by atoms with Crippen molar-refractivity contribution < 1.29 is 33.3 Å². The average Bonchev–Trinajstić information content (AvgIpc) is 2.99. The molecule has 224 valence electrons. The molecule has 12 heteroatoms. The van der Waals surface area contributed by atoms with Crippen LogP contribution in [0.15, 0.2) is 83.1 Å². The number of ether oxygens (including phenoxy) is 4. The Morgan fingerprint density at radius 1 is 1.02 bits per heavy atom. The van der Waals surface area contributed by atoms with E-state index in [4.69, 9.17) is 30.5 Å². The van der Waals surface area contributed by atoms with Crippen LogP contribution in [0, 0.1) is 0 Å². The maximum absolute atomic E-state index is 12.6. The first-order valence-corrected chi connectivity index (χ1v) is 13.7. The first kappa shape index (κ1) is 30.9. The summed E-state index contributed by atoms with van der Waals surface area (Å²) in [5.41, 5.74) is 5.15. The van der Waals surface area contributed by atoms with Crippen LogP contribution >= 0.6 is 11.6 Å². The molecule has 11 nitrogen and oxygen atoms in total. The van der Waals surface area contributed by atoms with Crippen molar-refractivity contribution >= 4 is 35.7 Å². The fraction of sp³-hybridized carbons (Fsp3) is 0.226. The van der Waals surface area contributed by atoms with Crippen molar-refractivity contribution in [1.82, 2.24) is 16.1 Å². The molecule has 3 N–H and O–H groups in total. The summed E-state index contributed by atoms with van der Waals surface area (Å²) in [6.45, 7) is 3.43. The Balaban J connectivity index is 1.37. The molecule has 0 radical (unpaired) electrons. The van der Waals surface area contributed by atoms with Gasteiger partial charge in [-0.05, 0) is 49.7 Å². The lowest BCUT2D eigenvalue weighted by Gasteiger charge is -2.28. The van der Waals surface area contributed by atoms with Crippen LogP contribution in [-0.2, 0) is 20.9 Å². The van der Waals surface area contributed by atoms with Gasteiger partial charge < -0.3 is 29.6 Å². The van der Waals surface area contributed by atoms with Gasteiger partial charge in [0.25, 0.3) is 5.91 Å². The predicted molar refractivity (Wildman–Crippen MR) is 160 cm³/mol. The van der Waals surface area contributed by atoms with Crippen LogP contribution in [0.1, 0.15) is 36.6 Å². The minimum atomic E-state index is -0.773. The first-order valence-electron chi connectivity index (χ1n) is 13.3. The highest BCUT2D eigenvalue weighted by Crippen LogP contribution is 2.34. The summed E-state index contributed by atoms with van der Waals surface area (Å²) in [5, 5.41) is 9.96. The molecule has 0 spiro atoms. The van der Waals surface area contributed by atoms with Gasteiger partial charge in [-0.1, -0.05) is 48.0 Å². The second-order valence-electron chi connectivity index (χ2n) is 9.20. The Morgan fingerprint density at radius 2 is 1.79 bits per heavy atom. The molecule has 1 heterocycles. The average molecular weight is 607 g/mol. The number of hydrogen-bond donors (Lipinski definition) is 3. The van der Waals surface area contributed by atoms with Crippen molar-refractivity contribution in [3.8, 4) is 17.2 Å². The van der Waals surface area contributed by atoms with Crippen molar-refractivity contribution in [2.75, 3.05) is 20.3 Å². The van der Waals surface area contributed by atoms with E-state index in [0.717, 1.165) is 5.56 Å². The van der Waals surface area contributed by atoms with E-state index in [9.17, 15) is 14.4 Å². The molecular weight excluding hydrogens is 576 g/mol. The number of para-hydroxylation sites is 1. The van der Waals surface area contributed by atoms with E-state index in [-0.39, 0.29) is 31.1 Å². The van der Waals surface area contributed by atoms with E-state index in [0.29, 0.717) is 33.3 Å². The minimum absolute atomic E-state index is 0.183. The number of halogens is 1. The van der Waals surface area contributed by atoms with Gasteiger partial charge in [-0.3, -0.25) is 4.79 Å². The Bertz CT molecular complexity index is 1560. The van der Waals surface area contributed by atoms with Gasteiger partial charge in [-0.2, -0.15) is 5.10 Å². The molecule has 1 aliphatic rings. The molecule has 0 saturated heterocycles. The summed E-state index contributed by atoms with van der Waals surface area (Å²) in [4.78, 5) is 37.2. The Hall–Kier alpha value is -5.03. The molecule has 0 bridgehead atoms. The van der Waals surface area contributed by atoms with Crippen LogP contribution in [0.3, 0.4) is 0 Å². The van der Waals surface area contributed by atoms with E-state index in [1.165, 1.54) is 13.3 Å². The number of amides is 3. The van der Waals surface area contributed by atoms with Gasteiger partial charge in [0, 0.05) is 21.8 Å². The lowest BCUT2D eigenvalue weighted by Crippen LogP contribution is -2.45. The van der Waals surface area contributed by atoms with Gasteiger partial charge in [0.2, 0.25) is 0 Å².